The Hall–Kier alpha value is -0.960. The van der Waals surface area contributed by atoms with Crippen LogP contribution in [0.15, 0.2) is 16.6 Å². The van der Waals surface area contributed by atoms with Gasteiger partial charge >= 0.3 is 12.4 Å². The van der Waals surface area contributed by atoms with E-state index in [4.69, 9.17) is 5.73 Å². The van der Waals surface area contributed by atoms with Gasteiger partial charge in [0.25, 0.3) is 0 Å². The Morgan fingerprint density at radius 1 is 1.11 bits per heavy atom. The van der Waals surface area contributed by atoms with Gasteiger partial charge in [0, 0.05) is 5.56 Å². The van der Waals surface area contributed by atoms with Gasteiger partial charge in [-0.15, -0.1) is 0 Å². The highest BCUT2D eigenvalue weighted by Crippen LogP contribution is 2.42. The van der Waals surface area contributed by atoms with Crippen molar-refractivity contribution in [3.05, 3.63) is 27.7 Å². The second kappa shape index (κ2) is 4.61. The maximum Gasteiger partial charge on any atom is 0.416 e. The standard InChI is InChI=1S/C9H6BrF6NO/c10-5-2-3(8(11,12)13)1-4(6(5)18)7(17)9(14,15)16/h1-2,7,18H,17H2/t7-/m1/s1. The molecular formula is C9H6BrF6NO. The Kier molecular flexibility index (Phi) is 3.87. The van der Waals surface area contributed by atoms with Crippen LogP contribution in [0.4, 0.5) is 26.3 Å². The zero-order valence-electron chi connectivity index (χ0n) is 8.40. The molecule has 1 atom stereocenters. The monoisotopic (exact) mass is 337 g/mol. The molecular weight excluding hydrogens is 332 g/mol. The molecule has 0 aliphatic rings. The molecule has 0 aliphatic heterocycles. The van der Waals surface area contributed by atoms with Crippen molar-refractivity contribution in [2.24, 2.45) is 5.73 Å². The lowest BCUT2D eigenvalue weighted by Crippen LogP contribution is -2.29. The molecule has 0 fully saturated rings. The number of aromatic hydroxyl groups is 1. The van der Waals surface area contributed by atoms with Crippen molar-refractivity contribution >= 4 is 15.9 Å². The van der Waals surface area contributed by atoms with E-state index in [1.807, 2.05) is 0 Å². The number of benzene rings is 1. The summed E-state index contributed by atoms with van der Waals surface area (Å²) in [5, 5.41) is 9.33. The minimum Gasteiger partial charge on any atom is -0.506 e. The molecule has 3 N–H and O–H groups in total. The van der Waals surface area contributed by atoms with Crippen LogP contribution >= 0.6 is 15.9 Å². The molecule has 0 heterocycles. The van der Waals surface area contributed by atoms with Crippen molar-refractivity contribution in [1.82, 2.24) is 0 Å². The van der Waals surface area contributed by atoms with E-state index in [0.717, 1.165) is 0 Å². The average molecular weight is 338 g/mol. The molecule has 1 rings (SSSR count). The molecule has 0 saturated heterocycles. The zero-order chi connectivity index (χ0) is 14.3. The number of nitrogens with two attached hydrogens (primary N) is 1. The van der Waals surface area contributed by atoms with Gasteiger partial charge in [0.2, 0.25) is 0 Å². The second-order valence-corrected chi connectivity index (χ2v) is 4.27. The van der Waals surface area contributed by atoms with E-state index in [1.54, 1.807) is 0 Å². The molecule has 0 radical (unpaired) electrons. The van der Waals surface area contributed by atoms with Crippen LogP contribution in [0.5, 0.6) is 5.75 Å². The number of phenols is 1. The van der Waals surface area contributed by atoms with Gasteiger partial charge < -0.3 is 10.8 Å². The van der Waals surface area contributed by atoms with Crippen molar-refractivity contribution in [1.29, 1.82) is 0 Å². The number of halogens is 7. The molecule has 0 unspecified atom stereocenters. The second-order valence-electron chi connectivity index (χ2n) is 3.41. The minimum absolute atomic E-state index is 0.179. The van der Waals surface area contributed by atoms with Gasteiger partial charge in [0.05, 0.1) is 10.0 Å². The topological polar surface area (TPSA) is 46.2 Å². The van der Waals surface area contributed by atoms with Crippen LogP contribution in [-0.4, -0.2) is 11.3 Å². The van der Waals surface area contributed by atoms with Gasteiger partial charge in [-0.3, -0.25) is 0 Å². The molecule has 1 aromatic rings. The molecule has 0 amide bonds. The predicted molar refractivity (Wildman–Crippen MR) is 53.8 cm³/mol. The van der Waals surface area contributed by atoms with Gasteiger partial charge in [-0.1, -0.05) is 0 Å². The van der Waals surface area contributed by atoms with E-state index in [-0.39, 0.29) is 6.07 Å². The first-order valence-electron chi connectivity index (χ1n) is 4.36. The Morgan fingerprint density at radius 2 is 1.61 bits per heavy atom. The number of hydrogen-bond acceptors (Lipinski definition) is 2. The fraction of sp³-hybridized carbons (Fsp3) is 0.333. The summed E-state index contributed by atoms with van der Waals surface area (Å²) in [4.78, 5) is 0. The fourth-order valence-electron chi connectivity index (χ4n) is 1.20. The van der Waals surface area contributed by atoms with Crippen molar-refractivity contribution < 1.29 is 31.4 Å². The average Bonchev–Trinajstić information content (AvgIpc) is 2.17. The lowest BCUT2D eigenvalue weighted by molar-refractivity contribution is -0.150. The maximum atomic E-state index is 12.4. The summed E-state index contributed by atoms with van der Waals surface area (Å²) in [5.74, 6) is -0.965. The number of hydrogen-bond donors (Lipinski definition) is 2. The first-order chi connectivity index (χ1) is 7.94. The first kappa shape index (κ1) is 15.1. The smallest absolute Gasteiger partial charge is 0.416 e. The summed E-state index contributed by atoms with van der Waals surface area (Å²) in [6.07, 6.45) is -9.79. The lowest BCUT2D eigenvalue weighted by Gasteiger charge is -2.19. The third-order valence-electron chi connectivity index (χ3n) is 2.11. The summed E-state index contributed by atoms with van der Waals surface area (Å²) in [6.45, 7) is 0. The summed E-state index contributed by atoms with van der Waals surface area (Å²) < 4.78 is 73.8. The molecule has 0 bridgehead atoms. The van der Waals surface area contributed by atoms with Crippen molar-refractivity contribution in [2.75, 3.05) is 0 Å². The third kappa shape index (κ3) is 3.08. The number of rotatable bonds is 1. The van der Waals surface area contributed by atoms with E-state index in [2.05, 4.69) is 15.9 Å². The van der Waals surface area contributed by atoms with Crippen LogP contribution in [0.1, 0.15) is 17.2 Å². The van der Waals surface area contributed by atoms with Crippen LogP contribution in [0.3, 0.4) is 0 Å². The Labute approximate surface area is 106 Å². The number of phenolic OH excluding ortho intramolecular Hbond substituents is 1. The molecule has 0 aliphatic carbocycles. The minimum atomic E-state index is -4.96. The Morgan fingerprint density at radius 3 is 2.00 bits per heavy atom. The van der Waals surface area contributed by atoms with Crippen LogP contribution in [0, 0.1) is 0 Å². The summed E-state index contributed by atoms with van der Waals surface area (Å²) >= 11 is 2.55. The molecule has 2 nitrogen and oxygen atoms in total. The molecule has 9 heteroatoms. The molecule has 102 valence electrons. The van der Waals surface area contributed by atoms with Gasteiger partial charge in [0.1, 0.15) is 11.8 Å². The lowest BCUT2D eigenvalue weighted by atomic mass is 10.0. The van der Waals surface area contributed by atoms with E-state index in [9.17, 15) is 31.4 Å². The van der Waals surface area contributed by atoms with Crippen molar-refractivity contribution in [2.45, 2.75) is 18.4 Å². The Balaban J connectivity index is 3.41. The van der Waals surface area contributed by atoms with Gasteiger partial charge in [-0.05, 0) is 28.1 Å². The highest BCUT2D eigenvalue weighted by Gasteiger charge is 2.41. The first-order valence-corrected chi connectivity index (χ1v) is 5.15. The molecule has 0 spiro atoms. The number of alkyl halides is 6. The zero-order valence-corrected chi connectivity index (χ0v) is 9.99. The van der Waals surface area contributed by atoms with Crippen molar-refractivity contribution in [3.8, 4) is 5.75 Å². The normalized spacial score (nSPS) is 14.7. The van der Waals surface area contributed by atoms with Gasteiger partial charge in [-0.25, -0.2) is 0 Å². The van der Waals surface area contributed by atoms with E-state index < -0.39 is 39.7 Å². The molecule has 0 saturated carbocycles. The summed E-state index contributed by atoms with van der Waals surface area (Å²) in [5.41, 5.74) is 2.41. The SMILES string of the molecule is N[C@H](c1cc(C(F)(F)F)cc(Br)c1O)C(F)(F)F. The van der Waals surface area contributed by atoms with Gasteiger partial charge in [0.15, 0.2) is 0 Å². The fourth-order valence-corrected chi connectivity index (χ4v) is 1.67. The van der Waals surface area contributed by atoms with Crippen LogP contribution < -0.4 is 5.73 Å². The maximum absolute atomic E-state index is 12.4. The predicted octanol–water partition coefficient (Wildman–Crippen LogP) is 3.74. The highest BCUT2D eigenvalue weighted by atomic mass is 79.9. The van der Waals surface area contributed by atoms with E-state index in [1.165, 1.54) is 0 Å². The van der Waals surface area contributed by atoms with E-state index in [0.29, 0.717) is 6.07 Å². The molecule has 18 heavy (non-hydrogen) atoms. The molecule has 1 aromatic carbocycles. The van der Waals surface area contributed by atoms with Crippen molar-refractivity contribution in [3.63, 3.8) is 0 Å². The van der Waals surface area contributed by atoms with Crippen LogP contribution in [-0.2, 0) is 6.18 Å². The van der Waals surface area contributed by atoms with E-state index >= 15 is 0 Å². The molecule has 0 aromatic heterocycles. The van der Waals surface area contributed by atoms with Crippen LogP contribution in [0.25, 0.3) is 0 Å². The Bertz CT molecular complexity index is 456. The summed E-state index contributed by atoms with van der Waals surface area (Å²) in [6, 6.07) is -2.05. The highest BCUT2D eigenvalue weighted by molar-refractivity contribution is 9.10. The summed E-state index contributed by atoms with van der Waals surface area (Å²) in [7, 11) is 0. The largest absolute Gasteiger partial charge is 0.506 e. The van der Waals surface area contributed by atoms with Gasteiger partial charge in [-0.2, -0.15) is 26.3 Å². The van der Waals surface area contributed by atoms with Crippen LogP contribution in [0.2, 0.25) is 0 Å². The third-order valence-corrected chi connectivity index (χ3v) is 2.71. The quantitative estimate of drug-likeness (QED) is 0.767.